The van der Waals surface area contributed by atoms with E-state index in [4.69, 9.17) is 0 Å². The fraction of sp³-hybridized carbons (Fsp3) is 0.600. The fourth-order valence-electron chi connectivity index (χ4n) is 1.04. The van der Waals surface area contributed by atoms with E-state index in [1.165, 1.54) is 0 Å². The number of H-pyrrole nitrogens is 1. The third-order valence-electron chi connectivity index (χ3n) is 1.79. The van der Waals surface area contributed by atoms with Gasteiger partial charge < -0.3 is 0 Å². The summed E-state index contributed by atoms with van der Waals surface area (Å²) in [6.07, 6.45) is 0. The van der Waals surface area contributed by atoms with Crippen molar-refractivity contribution < 1.29 is 0 Å². The molecule has 1 aromatic heterocycles. The third-order valence-corrected chi connectivity index (χ3v) is 1.79. The molecule has 0 bridgehead atoms. The van der Waals surface area contributed by atoms with Crippen LogP contribution in [0.2, 0.25) is 0 Å². The minimum absolute atomic E-state index is 0.242. The highest BCUT2D eigenvalue weighted by Crippen LogP contribution is 2.15. The zero-order valence-electron chi connectivity index (χ0n) is 10.2. The molecule has 6 nitrogen and oxygen atoms in total. The van der Waals surface area contributed by atoms with Gasteiger partial charge in [-0.05, 0) is 13.8 Å². The van der Waals surface area contributed by atoms with E-state index in [1.54, 1.807) is 0 Å². The number of nitrogens with zero attached hydrogens (tertiary/aromatic N) is 3. The zero-order valence-corrected chi connectivity index (χ0v) is 10.2. The second kappa shape index (κ2) is 4.42. The monoisotopic (exact) mass is 223 g/mol. The van der Waals surface area contributed by atoms with Crippen molar-refractivity contribution in [2.45, 2.75) is 40.0 Å². The van der Waals surface area contributed by atoms with E-state index < -0.39 is 0 Å². The Morgan fingerprint density at radius 3 is 2.38 bits per heavy atom. The maximum Gasteiger partial charge on any atom is 0.274 e. The lowest BCUT2D eigenvalue weighted by Gasteiger charge is -2.15. The van der Waals surface area contributed by atoms with Gasteiger partial charge in [0, 0.05) is 11.1 Å². The second-order valence-electron chi connectivity index (χ2n) is 4.77. The molecule has 0 aliphatic carbocycles. The van der Waals surface area contributed by atoms with Crippen LogP contribution in [0, 0.1) is 0 Å². The Bertz CT molecular complexity index is 451. The van der Waals surface area contributed by atoms with Crippen LogP contribution in [-0.2, 0) is 5.41 Å². The first-order valence-electron chi connectivity index (χ1n) is 5.05. The van der Waals surface area contributed by atoms with Gasteiger partial charge in [-0.1, -0.05) is 20.8 Å². The van der Waals surface area contributed by atoms with Crippen molar-refractivity contribution in [3.8, 4) is 0 Å². The van der Waals surface area contributed by atoms with Crippen LogP contribution in [0.3, 0.4) is 0 Å². The van der Waals surface area contributed by atoms with Gasteiger partial charge in [-0.2, -0.15) is 5.10 Å². The lowest BCUT2D eigenvalue weighted by molar-refractivity contribution is 0.547. The average Bonchev–Trinajstić information content (AvgIpc) is 2.12. The molecule has 0 saturated carbocycles. The molecule has 0 aromatic carbocycles. The summed E-state index contributed by atoms with van der Waals surface area (Å²) in [5, 5.41) is 11.7. The molecule has 0 spiro atoms. The van der Waals surface area contributed by atoms with Crippen LogP contribution in [0.5, 0.6) is 0 Å². The summed E-state index contributed by atoms with van der Waals surface area (Å²) in [5.41, 5.74) is 3.31. The summed E-state index contributed by atoms with van der Waals surface area (Å²) >= 11 is 0. The van der Waals surface area contributed by atoms with Gasteiger partial charge in [0.05, 0.1) is 0 Å². The van der Waals surface area contributed by atoms with Gasteiger partial charge in [0.15, 0.2) is 0 Å². The molecule has 2 N–H and O–H groups in total. The summed E-state index contributed by atoms with van der Waals surface area (Å²) in [6.45, 7) is 9.40. The van der Waals surface area contributed by atoms with Crippen molar-refractivity contribution in [2.75, 3.05) is 5.43 Å². The smallest absolute Gasteiger partial charge is 0.274 e. The largest absolute Gasteiger partial charge is 0.288 e. The van der Waals surface area contributed by atoms with Crippen LogP contribution in [-0.4, -0.2) is 20.9 Å². The minimum Gasteiger partial charge on any atom is -0.288 e. The summed E-state index contributed by atoms with van der Waals surface area (Å²) < 4.78 is 0. The molecular weight excluding hydrogens is 206 g/mol. The van der Waals surface area contributed by atoms with E-state index in [0.717, 1.165) is 5.71 Å². The standard InChI is InChI=1S/C10H17N5O/c1-6(2)12-14-9-11-8(16)7(13-15-9)10(3,4)5/h1-5H3,(H2,11,14,15,16). The van der Waals surface area contributed by atoms with Crippen LogP contribution in [0.1, 0.15) is 40.3 Å². The fourth-order valence-corrected chi connectivity index (χ4v) is 1.04. The van der Waals surface area contributed by atoms with Gasteiger partial charge in [-0.15, -0.1) is 10.2 Å². The lowest BCUT2D eigenvalue weighted by atomic mass is 9.93. The highest BCUT2D eigenvalue weighted by molar-refractivity contribution is 5.79. The molecule has 6 heteroatoms. The van der Waals surface area contributed by atoms with Gasteiger partial charge in [0.2, 0.25) is 5.95 Å². The van der Waals surface area contributed by atoms with Crippen molar-refractivity contribution in [1.29, 1.82) is 0 Å². The molecule has 0 aliphatic rings. The lowest BCUT2D eigenvalue weighted by Crippen LogP contribution is -2.28. The van der Waals surface area contributed by atoms with E-state index in [0.29, 0.717) is 5.69 Å². The molecule has 0 unspecified atom stereocenters. The summed E-state index contributed by atoms with van der Waals surface area (Å²) in [4.78, 5) is 14.3. The molecule has 1 rings (SSSR count). The Balaban J connectivity index is 3.01. The van der Waals surface area contributed by atoms with Crippen LogP contribution in [0.4, 0.5) is 5.95 Å². The quantitative estimate of drug-likeness (QED) is 0.584. The summed E-state index contributed by atoms with van der Waals surface area (Å²) in [6, 6.07) is 0. The number of hydrazone groups is 1. The van der Waals surface area contributed by atoms with Crippen molar-refractivity contribution in [3.63, 3.8) is 0 Å². The first-order chi connectivity index (χ1) is 7.30. The number of hydrogen-bond acceptors (Lipinski definition) is 5. The summed E-state index contributed by atoms with van der Waals surface area (Å²) in [5.74, 6) is 0.249. The van der Waals surface area contributed by atoms with Crippen LogP contribution in [0.25, 0.3) is 0 Å². The van der Waals surface area contributed by atoms with Gasteiger partial charge in [0.1, 0.15) is 5.69 Å². The molecule has 0 radical (unpaired) electrons. The van der Waals surface area contributed by atoms with Crippen molar-refractivity contribution in [2.24, 2.45) is 5.10 Å². The number of aromatic amines is 1. The molecule has 0 amide bonds. The third kappa shape index (κ3) is 3.15. The van der Waals surface area contributed by atoms with E-state index >= 15 is 0 Å². The van der Waals surface area contributed by atoms with Gasteiger partial charge >= 0.3 is 0 Å². The Morgan fingerprint density at radius 2 is 1.94 bits per heavy atom. The van der Waals surface area contributed by atoms with Crippen LogP contribution in [0.15, 0.2) is 9.90 Å². The maximum absolute atomic E-state index is 11.7. The van der Waals surface area contributed by atoms with Crippen molar-refractivity contribution in [3.05, 3.63) is 16.0 Å². The molecule has 0 fully saturated rings. The zero-order chi connectivity index (χ0) is 12.3. The van der Waals surface area contributed by atoms with Crippen molar-refractivity contribution >= 4 is 11.7 Å². The minimum atomic E-state index is -0.316. The van der Waals surface area contributed by atoms with Gasteiger partial charge in [0.25, 0.3) is 5.56 Å². The van der Waals surface area contributed by atoms with Gasteiger partial charge in [-0.25, -0.2) is 5.43 Å². The van der Waals surface area contributed by atoms with Crippen LogP contribution < -0.4 is 11.0 Å². The van der Waals surface area contributed by atoms with Gasteiger partial charge in [-0.3, -0.25) is 9.78 Å². The highest BCUT2D eigenvalue weighted by Gasteiger charge is 2.20. The van der Waals surface area contributed by atoms with Crippen LogP contribution >= 0.6 is 0 Å². The Labute approximate surface area is 94.2 Å². The predicted octanol–water partition coefficient (Wildman–Crippen LogP) is 1.27. The molecular formula is C10H17N5O. The van der Waals surface area contributed by atoms with Crippen molar-refractivity contribution in [1.82, 2.24) is 15.2 Å². The SMILES string of the molecule is CC(C)=NNc1nnc(C(C)(C)C)c(=O)[nH]1. The number of rotatable bonds is 2. The van der Waals surface area contributed by atoms with E-state index in [1.807, 2.05) is 34.6 Å². The topological polar surface area (TPSA) is 83.0 Å². The highest BCUT2D eigenvalue weighted by atomic mass is 16.1. The Kier molecular flexibility index (Phi) is 3.41. The van der Waals surface area contributed by atoms with E-state index in [9.17, 15) is 4.79 Å². The number of nitrogens with one attached hydrogen (secondary N) is 2. The number of anilines is 1. The Morgan fingerprint density at radius 1 is 1.31 bits per heavy atom. The molecule has 1 aromatic rings. The van der Waals surface area contributed by atoms with E-state index in [-0.39, 0.29) is 16.9 Å². The Hall–Kier alpha value is -1.72. The molecule has 0 aliphatic heterocycles. The first-order valence-corrected chi connectivity index (χ1v) is 5.05. The second-order valence-corrected chi connectivity index (χ2v) is 4.77. The average molecular weight is 223 g/mol. The molecule has 0 atom stereocenters. The molecule has 88 valence electrons. The summed E-state index contributed by atoms with van der Waals surface area (Å²) in [7, 11) is 0. The predicted molar refractivity (Wildman–Crippen MR) is 63.8 cm³/mol. The number of hydrogen-bond donors (Lipinski definition) is 2. The number of aromatic nitrogens is 3. The molecule has 1 heterocycles. The van der Waals surface area contributed by atoms with E-state index in [2.05, 4.69) is 25.7 Å². The maximum atomic E-state index is 11.7. The normalized spacial score (nSPS) is 11.1. The molecule has 0 saturated heterocycles. The molecule has 16 heavy (non-hydrogen) atoms. The first kappa shape index (κ1) is 12.4.